The summed E-state index contributed by atoms with van der Waals surface area (Å²) < 4.78 is 39.0. The lowest BCUT2D eigenvalue weighted by Crippen LogP contribution is -2.51. The van der Waals surface area contributed by atoms with Crippen molar-refractivity contribution in [3.05, 3.63) is 84.4 Å². The molecular weight excluding hydrogens is 488 g/mol. The number of nitrogens with zero attached hydrogens (tertiary/aromatic N) is 1. The molecule has 0 radical (unpaired) electrons. The summed E-state index contributed by atoms with van der Waals surface area (Å²) in [6, 6.07) is 22.4. The molecule has 0 aromatic heterocycles. The molecule has 1 aliphatic rings. The number of anilines is 1. The van der Waals surface area contributed by atoms with Crippen LogP contribution in [0.4, 0.5) is 5.69 Å². The normalized spacial score (nSPS) is 17.1. The standard InChI is InChI=1S/C29H34N2O5S/c1-5-29(6-2)20-26(25-14-10-11-15-27(25)36-29)30-28(32)21(3)31(37(4,33)34)22-16-18-24(19-17-22)35-23-12-8-7-9-13-23/h7-19,21,26H,5-6,20H2,1-4H3,(H,30,32)/t21-,26+/m1/s1. The lowest BCUT2D eigenvalue weighted by molar-refractivity contribution is -0.123. The first kappa shape index (κ1) is 26.5. The number of rotatable bonds is 9. The summed E-state index contributed by atoms with van der Waals surface area (Å²) in [4.78, 5) is 13.5. The van der Waals surface area contributed by atoms with Crippen LogP contribution < -0.4 is 19.1 Å². The van der Waals surface area contributed by atoms with Gasteiger partial charge in [0, 0.05) is 12.0 Å². The first-order valence-corrected chi connectivity index (χ1v) is 14.4. The van der Waals surface area contributed by atoms with Gasteiger partial charge in [0.2, 0.25) is 15.9 Å². The lowest BCUT2D eigenvalue weighted by atomic mass is 9.83. The molecule has 0 saturated heterocycles. The van der Waals surface area contributed by atoms with Crippen LogP contribution in [0.25, 0.3) is 0 Å². The van der Waals surface area contributed by atoms with Crippen LogP contribution in [0.15, 0.2) is 78.9 Å². The largest absolute Gasteiger partial charge is 0.487 e. The predicted molar refractivity (Wildman–Crippen MR) is 146 cm³/mol. The number of sulfonamides is 1. The average Bonchev–Trinajstić information content (AvgIpc) is 2.89. The highest BCUT2D eigenvalue weighted by Crippen LogP contribution is 2.42. The number of para-hydroxylation sites is 2. The van der Waals surface area contributed by atoms with Crippen LogP contribution in [0.1, 0.15) is 51.6 Å². The number of carbonyl (C=O) groups excluding carboxylic acids is 1. The van der Waals surface area contributed by atoms with Crippen molar-refractivity contribution >= 4 is 21.6 Å². The van der Waals surface area contributed by atoms with Crippen molar-refractivity contribution in [2.75, 3.05) is 10.6 Å². The number of fused-ring (bicyclic) bond motifs is 1. The second kappa shape index (κ2) is 10.8. The van der Waals surface area contributed by atoms with Gasteiger partial charge in [0.1, 0.15) is 28.9 Å². The van der Waals surface area contributed by atoms with Gasteiger partial charge in [0.15, 0.2) is 0 Å². The Labute approximate surface area is 219 Å². The Bertz CT molecular complexity index is 1320. The molecule has 1 heterocycles. The maximum absolute atomic E-state index is 13.5. The molecule has 0 bridgehead atoms. The Morgan fingerprint density at radius 2 is 1.59 bits per heavy atom. The molecule has 4 rings (SSSR count). The van der Waals surface area contributed by atoms with E-state index >= 15 is 0 Å². The third-order valence-corrected chi connectivity index (χ3v) is 8.20. The van der Waals surface area contributed by atoms with E-state index in [0.29, 0.717) is 23.6 Å². The summed E-state index contributed by atoms with van der Waals surface area (Å²) in [5, 5.41) is 3.11. The summed E-state index contributed by atoms with van der Waals surface area (Å²) in [5.41, 5.74) is 0.893. The molecule has 0 saturated carbocycles. The highest BCUT2D eigenvalue weighted by molar-refractivity contribution is 7.92. The topological polar surface area (TPSA) is 84.9 Å². The maximum Gasteiger partial charge on any atom is 0.244 e. The highest BCUT2D eigenvalue weighted by Gasteiger charge is 2.40. The van der Waals surface area contributed by atoms with E-state index in [4.69, 9.17) is 9.47 Å². The van der Waals surface area contributed by atoms with Crippen molar-refractivity contribution < 1.29 is 22.7 Å². The Balaban J connectivity index is 1.56. The smallest absolute Gasteiger partial charge is 0.244 e. The number of ether oxygens (including phenoxy) is 2. The molecule has 1 amide bonds. The van der Waals surface area contributed by atoms with Gasteiger partial charge in [0.25, 0.3) is 0 Å². The fourth-order valence-corrected chi connectivity index (χ4v) is 5.99. The fourth-order valence-electron chi connectivity index (χ4n) is 4.82. The summed E-state index contributed by atoms with van der Waals surface area (Å²) in [6.07, 6.45) is 3.31. The van der Waals surface area contributed by atoms with Gasteiger partial charge in [-0.1, -0.05) is 50.2 Å². The molecule has 0 aliphatic carbocycles. The van der Waals surface area contributed by atoms with Crippen LogP contribution in [0.2, 0.25) is 0 Å². The number of benzene rings is 3. The molecule has 2 atom stereocenters. The van der Waals surface area contributed by atoms with Gasteiger partial charge in [-0.15, -0.1) is 0 Å². The average molecular weight is 523 g/mol. The predicted octanol–water partition coefficient (Wildman–Crippen LogP) is 5.83. The third kappa shape index (κ3) is 5.91. The minimum absolute atomic E-state index is 0.289. The van der Waals surface area contributed by atoms with Crippen LogP contribution in [0.5, 0.6) is 17.2 Å². The monoisotopic (exact) mass is 522 g/mol. The van der Waals surface area contributed by atoms with E-state index in [-0.39, 0.29) is 17.6 Å². The summed E-state index contributed by atoms with van der Waals surface area (Å²) >= 11 is 0. The van der Waals surface area contributed by atoms with Crippen molar-refractivity contribution in [1.29, 1.82) is 0 Å². The highest BCUT2D eigenvalue weighted by atomic mass is 32.2. The van der Waals surface area contributed by atoms with Crippen molar-refractivity contribution in [2.45, 2.75) is 57.7 Å². The zero-order valence-electron chi connectivity index (χ0n) is 21.7. The van der Waals surface area contributed by atoms with Crippen LogP contribution in [-0.2, 0) is 14.8 Å². The molecule has 3 aromatic rings. The van der Waals surface area contributed by atoms with E-state index in [2.05, 4.69) is 19.2 Å². The van der Waals surface area contributed by atoms with Gasteiger partial charge in [0.05, 0.1) is 18.0 Å². The second-order valence-electron chi connectivity index (χ2n) is 9.44. The van der Waals surface area contributed by atoms with Gasteiger partial charge >= 0.3 is 0 Å². The summed E-state index contributed by atoms with van der Waals surface area (Å²) in [5.74, 6) is 1.62. The van der Waals surface area contributed by atoms with Gasteiger partial charge < -0.3 is 14.8 Å². The Kier molecular flexibility index (Phi) is 7.78. The van der Waals surface area contributed by atoms with Crippen LogP contribution in [0.3, 0.4) is 0 Å². The zero-order chi connectivity index (χ0) is 26.6. The number of nitrogens with one attached hydrogen (secondary N) is 1. The fraction of sp³-hybridized carbons (Fsp3) is 0.345. The van der Waals surface area contributed by atoms with E-state index in [1.165, 1.54) is 0 Å². The van der Waals surface area contributed by atoms with Gasteiger partial charge in [-0.2, -0.15) is 0 Å². The van der Waals surface area contributed by atoms with Crippen LogP contribution >= 0.6 is 0 Å². The molecular formula is C29H34N2O5S. The minimum Gasteiger partial charge on any atom is -0.487 e. The van der Waals surface area contributed by atoms with E-state index in [0.717, 1.165) is 34.7 Å². The number of amides is 1. The molecule has 1 N–H and O–H groups in total. The van der Waals surface area contributed by atoms with Crippen molar-refractivity contribution in [3.63, 3.8) is 0 Å². The van der Waals surface area contributed by atoms with Gasteiger partial charge in [-0.05, 0) is 62.2 Å². The zero-order valence-corrected chi connectivity index (χ0v) is 22.5. The third-order valence-electron chi connectivity index (χ3n) is 6.96. The summed E-state index contributed by atoms with van der Waals surface area (Å²) in [7, 11) is -3.76. The molecule has 0 unspecified atom stereocenters. The van der Waals surface area contributed by atoms with E-state index < -0.39 is 16.1 Å². The molecule has 3 aromatic carbocycles. The quantitative estimate of drug-likeness (QED) is 0.382. The lowest BCUT2D eigenvalue weighted by Gasteiger charge is -2.42. The van der Waals surface area contributed by atoms with Crippen LogP contribution in [0, 0.1) is 0 Å². The van der Waals surface area contributed by atoms with Gasteiger partial charge in [-0.25, -0.2) is 8.42 Å². The Morgan fingerprint density at radius 1 is 1.00 bits per heavy atom. The molecule has 1 aliphatic heterocycles. The van der Waals surface area contributed by atoms with E-state index in [1.807, 2.05) is 54.6 Å². The number of carbonyl (C=O) groups is 1. The molecule has 196 valence electrons. The first-order valence-electron chi connectivity index (χ1n) is 12.6. The Hall–Kier alpha value is -3.52. The molecule has 0 spiro atoms. The second-order valence-corrected chi connectivity index (χ2v) is 11.3. The number of hydrogen-bond acceptors (Lipinski definition) is 5. The van der Waals surface area contributed by atoms with Crippen molar-refractivity contribution in [2.24, 2.45) is 0 Å². The Morgan fingerprint density at radius 3 is 2.22 bits per heavy atom. The molecule has 0 fully saturated rings. The van der Waals surface area contributed by atoms with Crippen molar-refractivity contribution in [1.82, 2.24) is 5.32 Å². The SMILES string of the molecule is CCC1(CC)C[C@H](NC(=O)[C@@H](C)N(c2ccc(Oc3ccccc3)cc2)S(C)(=O)=O)c2ccccc2O1. The van der Waals surface area contributed by atoms with Crippen LogP contribution in [-0.4, -0.2) is 32.2 Å². The first-order chi connectivity index (χ1) is 17.7. The molecule has 37 heavy (non-hydrogen) atoms. The molecule has 8 heteroatoms. The number of hydrogen-bond donors (Lipinski definition) is 1. The summed E-state index contributed by atoms with van der Waals surface area (Å²) in [6.45, 7) is 5.76. The van der Waals surface area contributed by atoms with E-state index in [1.54, 1.807) is 31.2 Å². The minimum atomic E-state index is -3.76. The molecule has 7 nitrogen and oxygen atoms in total. The van der Waals surface area contributed by atoms with E-state index in [9.17, 15) is 13.2 Å². The van der Waals surface area contributed by atoms with Crippen molar-refractivity contribution in [3.8, 4) is 17.2 Å². The van der Waals surface area contributed by atoms with Gasteiger partial charge in [-0.3, -0.25) is 9.10 Å². The maximum atomic E-state index is 13.5.